The van der Waals surface area contributed by atoms with Crippen LogP contribution in [0.4, 0.5) is 35.6 Å². The van der Waals surface area contributed by atoms with Crippen LogP contribution >= 0.6 is 11.5 Å². The molecule has 8 aliphatic rings. The summed E-state index contributed by atoms with van der Waals surface area (Å²) in [5.74, 6) is -2.25. The van der Waals surface area contributed by atoms with Gasteiger partial charge in [0.25, 0.3) is 0 Å². The third-order valence-electron chi connectivity index (χ3n) is 30.1. The minimum Gasteiger partial charge on any atom is -0.343 e. The number of likely N-dealkylation sites (tertiary alicyclic amines) is 4. The van der Waals surface area contributed by atoms with Gasteiger partial charge in [-0.25, -0.2) is 4.68 Å². The summed E-state index contributed by atoms with van der Waals surface area (Å²) >= 11 is 1.05. The maximum absolute atomic E-state index is 13.8. The highest BCUT2D eigenvalue weighted by Crippen LogP contribution is 2.40. The van der Waals surface area contributed by atoms with Gasteiger partial charge in [-0.3, -0.25) is 67.5 Å². The Morgan fingerprint density at radius 1 is 0.439 bits per heavy atom. The SMILES string of the molecule is CN[C@@H](C)C(=O)N[C@H](C(=O)N1CCC[C@H]1C(=O)Nc1ccnn1-c1cccc(C(F)(F)F)c1)C1CCCCC1.CN[C@@H](C)C(=O)N[C@H](C(=O)N1CCC[C@H]1C(=O)Nc1cnn(C)c1-c1ccccc1)C1CCCCC1.CN[C@@H](C)C(=O)N[C@H](C(=O)N1CCC[C@H]1C(=O)Nc1onc(C)c1-c1ccccc1)C1CCCCC1.CN[C@@H](C)C(=O)N[C@H](C(=O)N1CCC[C@H]1C(=O)Nc1snnc1-c1cccc(C#N)c1)C1CCCCC1. The average molecular weight is 2060 g/mol. The Kier molecular flexibility index (Phi) is 40.6. The second kappa shape index (κ2) is 53.6. The monoisotopic (exact) mass is 2060 g/mol. The number of nitrogens with zero attached hydrogens (tertiary/aromatic N) is 12. The summed E-state index contributed by atoms with van der Waals surface area (Å²) in [6.07, 6.45) is 23.2. The molecule has 12 atom stereocenters. The topological polar surface area (TPSA) is 473 Å². The fraction of sp³-hybridized carbons (Fsp3) is 0.551. The number of carbonyl (C=O) groups excluding carboxylic acids is 12. The third-order valence-corrected chi connectivity index (χ3v) is 30.7. The van der Waals surface area contributed by atoms with E-state index < -0.39 is 90.1 Å². The molecule has 0 bridgehead atoms. The number of nitrogens with one attached hydrogen (secondary N) is 12. The van der Waals surface area contributed by atoms with Gasteiger partial charge in [-0.15, -0.1) is 5.10 Å². The molecule has 41 heteroatoms. The molecule has 4 aliphatic carbocycles. The number of hydrogen-bond acceptors (Lipinski definition) is 24. The van der Waals surface area contributed by atoms with E-state index in [-0.39, 0.29) is 106 Å². The van der Waals surface area contributed by atoms with Gasteiger partial charge in [0.15, 0.2) is 0 Å². The van der Waals surface area contributed by atoms with E-state index in [1.165, 1.54) is 34.0 Å². The summed E-state index contributed by atoms with van der Waals surface area (Å²) in [7, 11) is 8.67. The zero-order valence-corrected chi connectivity index (χ0v) is 87.0. The van der Waals surface area contributed by atoms with E-state index in [0.29, 0.717) is 97.9 Å². The van der Waals surface area contributed by atoms with Gasteiger partial charge < -0.3 is 82.6 Å². The minimum absolute atomic E-state index is 0.00842. The predicted molar refractivity (Wildman–Crippen MR) is 556 cm³/mol. The van der Waals surface area contributed by atoms with Crippen molar-refractivity contribution in [2.75, 3.05) is 75.6 Å². The Morgan fingerprint density at radius 2 is 0.824 bits per heavy atom. The summed E-state index contributed by atoms with van der Waals surface area (Å²) in [6.45, 7) is 10.7. The molecule has 148 heavy (non-hydrogen) atoms. The number of hydrogen-bond donors (Lipinski definition) is 12. The first-order valence-electron chi connectivity index (χ1n) is 52.3. The van der Waals surface area contributed by atoms with E-state index in [4.69, 9.17) is 4.52 Å². The first-order chi connectivity index (χ1) is 71.3. The summed E-state index contributed by atoms with van der Waals surface area (Å²) in [5, 5.41) is 61.6. The highest BCUT2D eigenvalue weighted by molar-refractivity contribution is 7.10. The molecule has 4 aliphatic heterocycles. The number of amides is 12. The summed E-state index contributed by atoms with van der Waals surface area (Å²) in [6, 6.07) is 27.7. The van der Waals surface area contributed by atoms with Gasteiger partial charge >= 0.3 is 6.18 Å². The van der Waals surface area contributed by atoms with E-state index in [1.807, 2.05) is 80.7 Å². The Morgan fingerprint density at radius 3 is 1.23 bits per heavy atom. The van der Waals surface area contributed by atoms with E-state index in [2.05, 4.69) is 94.8 Å². The van der Waals surface area contributed by atoms with Crippen molar-refractivity contribution in [2.24, 2.45) is 30.7 Å². The van der Waals surface area contributed by atoms with Crippen molar-refractivity contribution in [3.05, 3.63) is 144 Å². The van der Waals surface area contributed by atoms with Crippen LogP contribution in [-0.2, 0) is 70.8 Å². The van der Waals surface area contributed by atoms with E-state index in [1.54, 1.807) is 99.7 Å². The minimum atomic E-state index is -4.52. The molecule has 4 aromatic heterocycles. The number of aryl methyl sites for hydroxylation is 2. The number of halogens is 3. The lowest BCUT2D eigenvalue weighted by Crippen LogP contribution is -2.57. The number of alkyl halides is 3. The molecule has 0 radical (unpaired) electrons. The van der Waals surface area contributed by atoms with Gasteiger partial charge in [-0.05, 0) is 225 Å². The molecule has 796 valence electrons. The van der Waals surface area contributed by atoms with Crippen LogP contribution in [0.5, 0.6) is 0 Å². The number of aromatic nitrogens is 7. The van der Waals surface area contributed by atoms with Crippen LogP contribution in [0.2, 0.25) is 0 Å². The molecule has 8 fully saturated rings. The van der Waals surface area contributed by atoms with Crippen LogP contribution in [0.15, 0.2) is 132 Å². The molecule has 12 amide bonds. The molecule has 37 nitrogen and oxygen atoms in total. The maximum Gasteiger partial charge on any atom is 0.416 e. The average Bonchev–Trinajstić information content (AvgIpc) is 1.62. The van der Waals surface area contributed by atoms with Crippen molar-refractivity contribution in [2.45, 2.75) is 293 Å². The fourth-order valence-corrected chi connectivity index (χ4v) is 21.9. The Labute approximate surface area is 866 Å². The zero-order chi connectivity index (χ0) is 106. The third kappa shape index (κ3) is 28.5. The van der Waals surface area contributed by atoms with Crippen molar-refractivity contribution in [3.8, 4) is 45.4 Å². The molecule has 12 N–H and O–H groups in total. The number of nitriles is 1. The summed E-state index contributed by atoms with van der Waals surface area (Å²) in [4.78, 5) is 166. The quantitative estimate of drug-likeness (QED) is 0.0186. The number of likely N-dealkylation sites (N-methyl/N-ethyl adjacent to an activating group) is 4. The molecule has 8 heterocycles. The van der Waals surface area contributed by atoms with Crippen LogP contribution in [0.25, 0.3) is 39.3 Å². The molecule has 16 rings (SSSR count). The van der Waals surface area contributed by atoms with Crippen molar-refractivity contribution >= 4 is 105 Å². The van der Waals surface area contributed by atoms with Gasteiger partial charge in [0.05, 0.1) is 82.1 Å². The van der Waals surface area contributed by atoms with Gasteiger partial charge in [-0.1, -0.05) is 166 Å². The van der Waals surface area contributed by atoms with Gasteiger partial charge in [0.1, 0.15) is 64.8 Å². The first-order valence-corrected chi connectivity index (χ1v) is 53.1. The lowest BCUT2D eigenvalue weighted by atomic mass is 9.83. The van der Waals surface area contributed by atoms with Crippen molar-refractivity contribution in [1.82, 2.24) is 96.4 Å². The summed E-state index contributed by atoms with van der Waals surface area (Å²) in [5.41, 5.74) is 5.64. The van der Waals surface area contributed by atoms with Crippen LogP contribution in [0.1, 0.15) is 224 Å². The van der Waals surface area contributed by atoms with Gasteiger partial charge in [-0.2, -0.15) is 28.6 Å². The molecule has 0 unspecified atom stereocenters. The Bertz CT molecular complexity index is 5720. The smallest absolute Gasteiger partial charge is 0.343 e. The van der Waals surface area contributed by atoms with Crippen molar-refractivity contribution in [3.63, 3.8) is 0 Å². The van der Waals surface area contributed by atoms with E-state index >= 15 is 0 Å². The standard InChI is InChI=1S/C27H35F3N6O3.C27H38N6O3.C27H37N5O4.C26H33N7O3S/c1-17(31-2)24(37)34-23(18-8-4-3-5-9-18)26(39)35-15-7-12-21(35)25(38)33-22-13-14-32-36(22)20-11-6-10-19(16-20)27(28,29)30;1-18(28-2)25(34)31-23(19-11-6-4-7-12-19)27(36)33-16-10-15-22(33)26(35)30-21-17-29-32(3)24(21)20-13-8-5-9-14-20;1-17-22(19-11-6-4-7-12-19)26(36-31-17)30-25(34)21-15-10-16-32(21)27(35)23(20-13-8-5-9-14-20)29-24(33)18(2)28-3;1-16(28-2)23(34)29-22(18-9-4-3-5-10-18)26(36)33-13-7-12-20(33)24(35)30-25-21(31-32-37-25)19-11-6-8-17(14-19)15-27/h6,10-11,13-14,16-18,21,23,31H,3-5,7-9,12,15H2,1-2H3,(H,33,38)(H,34,37);5,8-9,13-14,17-19,22-23,28H,4,6-7,10-12,15-16H2,1-3H3,(H,30,35)(H,31,34);4,6-7,11-12,18,20-21,23,28H,5,8-10,13-16H2,1-3H3,(H,29,33)(H,30,34);6,8,11,14,16,18,20,22,28H,3-5,7,9-10,12-13H2,1-2H3,(H,29,34)(H,30,35)/t17-,21-,23-;18-,22-,23-;18-,21-,23-;16-,20-,22-/m0000/s1. The molecule has 4 aromatic carbocycles. The fourth-order valence-electron chi connectivity index (χ4n) is 21.3. The lowest BCUT2D eigenvalue weighted by Gasteiger charge is -2.35. The van der Waals surface area contributed by atoms with Crippen molar-refractivity contribution in [1.29, 1.82) is 5.26 Å². The van der Waals surface area contributed by atoms with Crippen LogP contribution in [-0.4, -0.2) is 252 Å². The summed E-state index contributed by atoms with van der Waals surface area (Å²) < 4.78 is 52.1. The van der Waals surface area contributed by atoms with Gasteiger partial charge in [0, 0.05) is 62.0 Å². The normalized spacial score (nSPS) is 19.9. The Balaban J connectivity index is 0.000000165. The van der Waals surface area contributed by atoms with E-state index in [0.717, 1.165) is 187 Å². The van der Waals surface area contributed by atoms with Crippen LogP contribution in [0.3, 0.4) is 0 Å². The maximum atomic E-state index is 13.8. The lowest BCUT2D eigenvalue weighted by molar-refractivity contribution is -0.142. The highest BCUT2D eigenvalue weighted by atomic mass is 32.1. The molecule has 8 aromatic rings. The second-order valence-electron chi connectivity index (χ2n) is 39.8. The number of rotatable bonds is 32. The largest absolute Gasteiger partial charge is 0.416 e. The molecule has 0 spiro atoms. The molecule has 4 saturated carbocycles. The zero-order valence-electron chi connectivity index (χ0n) is 86.2. The van der Waals surface area contributed by atoms with E-state index in [9.17, 15) is 76.0 Å². The second-order valence-corrected chi connectivity index (χ2v) is 40.6. The number of benzene rings is 4. The Hall–Kier alpha value is -13.2. The number of anilines is 4. The molecule has 4 saturated heterocycles. The predicted octanol–water partition coefficient (Wildman–Crippen LogP) is 12.1. The van der Waals surface area contributed by atoms with Crippen molar-refractivity contribution < 1.29 is 75.2 Å². The molecular weight excluding hydrogens is 1920 g/mol. The molecular formula is C107H143F3N24O13S. The highest BCUT2D eigenvalue weighted by Gasteiger charge is 2.48. The number of carbonyl (C=O) groups is 12. The van der Waals surface area contributed by atoms with Crippen LogP contribution in [0, 0.1) is 41.9 Å². The van der Waals surface area contributed by atoms with Crippen LogP contribution < -0.4 is 63.8 Å². The van der Waals surface area contributed by atoms with Gasteiger partial charge in [0.2, 0.25) is 76.8 Å². The first kappa shape index (κ1) is 112.